The third kappa shape index (κ3) is 4.84. The zero-order valence-corrected chi connectivity index (χ0v) is 13.8. The van der Waals surface area contributed by atoms with Crippen LogP contribution in [-0.4, -0.2) is 35.8 Å². The fraction of sp³-hybridized carbons (Fsp3) is 0.412. The predicted octanol–water partition coefficient (Wildman–Crippen LogP) is 2.44. The Morgan fingerprint density at radius 1 is 1.39 bits per heavy atom. The molecule has 2 aromatic rings. The maximum absolute atomic E-state index is 11.9. The molecule has 5 nitrogen and oxygen atoms in total. The van der Waals surface area contributed by atoms with E-state index in [2.05, 4.69) is 15.6 Å². The summed E-state index contributed by atoms with van der Waals surface area (Å²) in [5.41, 5.74) is 1.83. The Labute approximate surface area is 140 Å². The van der Waals surface area contributed by atoms with E-state index in [4.69, 9.17) is 4.42 Å². The minimum atomic E-state index is 0.0930. The molecule has 2 heterocycles. The van der Waals surface area contributed by atoms with E-state index >= 15 is 0 Å². The Kier molecular flexibility index (Phi) is 5.71. The molecule has 0 saturated carbocycles. The summed E-state index contributed by atoms with van der Waals surface area (Å²) in [6.45, 7) is 1.93. The predicted molar refractivity (Wildman–Crippen MR) is 92.1 cm³/mol. The molecular formula is C17H21N3O2S. The van der Waals surface area contributed by atoms with Gasteiger partial charge in [-0.05, 0) is 31.5 Å². The number of hydrogen-bond acceptors (Lipinski definition) is 5. The van der Waals surface area contributed by atoms with Crippen LogP contribution >= 0.6 is 11.8 Å². The smallest absolute Gasteiger partial charge is 0.230 e. The SMILES string of the molecule is O=C(CSCc1coc(-c2ccccc2)n1)N[C@H]1CCCNC1. The van der Waals surface area contributed by atoms with Gasteiger partial charge in [0, 0.05) is 23.9 Å². The van der Waals surface area contributed by atoms with Crippen LogP contribution in [0.1, 0.15) is 18.5 Å². The van der Waals surface area contributed by atoms with Gasteiger partial charge in [-0.1, -0.05) is 18.2 Å². The van der Waals surface area contributed by atoms with Crippen molar-refractivity contribution in [2.75, 3.05) is 18.8 Å². The summed E-state index contributed by atoms with van der Waals surface area (Å²) in [7, 11) is 0. The zero-order chi connectivity index (χ0) is 15.9. The first-order valence-corrected chi connectivity index (χ1v) is 9.04. The van der Waals surface area contributed by atoms with Crippen molar-refractivity contribution in [3.05, 3.63) is 42.3 Å². The number of piperidine rings is 1. The zero-order valence-electron chi connectivity index (χ0n) is 13.0. The van der Waals surface area contributed by atoms with Crippen molar-refractivity contribution in [2.45, 2.75) is 24.6 Å². The molecule has 1 fully saturated rings. The number of aromatic nitrogens is 1. The first kappa shape index (κ1) is 16.1. The van der Waals surface area contributed by atoms with Crippen LogP contribution in [0.4, 0.5) is 0 Å². The molecule has 1 saturated heterocycles. The highest BCUT2D eigenvalue weighted by atomic mass is 32.2. The first-order valence-electron chi connectivity index (χ1n) is 7.89. The van der Waals surface area contributed by atoms with Crippen molar-refractivity contribution in [2.24, 2.45) is 0 Å². The van der Waals surface area contributed by atoms with Crippen molar-refractivity contribution in [3.63, 3.8) is 0 Å². The molecule has 1 aromatic heterocycles. The van der Waals surface area contributed by atoms with Crippen molar-refractivity contribution in [1.82, 2.24) is 15.6 Å². The normalized spacial score (nSPS) is 17.8. The molecule has 122 valence electrons. The van der Waals surface area contributed by atoms with Crippen LogP contribution in [0.15, 0.2) is 41.0 Å². The second kappa shape index (κ2) is 8.17. The van der Waals surface area contributed by atoms with Gasteiger partial charge >= 0.3 is 0 Å². The van der Waals surface area contributed by atoms with Crippen molar-refractivity contribution in [3.8, 4) is 11.5 Å². The lowest BCUT2D eigenvalue weighted by Gasteiger charge is -2.23. The Balaban J connectivity index is 1.42. The van der Waals surface area contributed by atoms with Gasteiger partial charge in [-0.25, -0.2) is 4.98 Å². The van der Waals surface area contributed by atoms with Crippen molar-refractivity contribution >= 4 is 17.7 Å². The van der Waals surface area contributed by atoms with Crippen molar-refractivity contribution in [1.29, 1.82) is 0 Å². The highest BCUT2D eigenvalue weighted by Crippen LogP contribution is 2.20. The molecule has 23 heavy (non-hydrogen) atoms. The monoisotopic (exact) mass is 331 g/mol. The fourth-order valence-corrected chi connectivity index (χ4v) is 3.29. The van der Waals surface area contributed by atoms with Crippen LogP contribution in [0.3, 0.4) is 0 Å². The molecule has 3 rings (SSSR count). The standard InChI is InChI=1S/C17H21N3O2S/c21-16(19-14-7-4-8-18-9-14)12-23-11-15-10-22-17(20-15)13-5-2-1-3-6-13/h1-3,5-6,10,14,18H,4,7-9,11-12H2,(H,19,21)/t14-/m0/s1. The Morgan fingerprint density at radius 3 is 3.04 bits per heavy atom. The van der Waals surface area contributed by atoms with Gasteiger partial charge in [0.1, 0.15) is 6.26 Å². The van der Waals surface area contributed by atoms with E-state index in [9.17, 15) is 4.79 Å². The summed E-state index contributed by atoms with van der Waals surface area (Å²) in [5, 5.41) is 6.37. The Bertz CT molecular complexity index is 624. The van der Waals surface area contributed by atoms with Crippen LogP contribution in [0.5, 0.6) is 0 Å². The minimum absolute atomic E-state index is 0.0930. The topological polar surface area (TPSA) is 67.2 Å². The molecule has 0 radical (unpaired) electrons. The average Bonchev–Trinajstić information content (AvgIpc) is 3.05. The molecule has 2 N–H and O–H groups in total. The van der Waals surface area contributed by atoms with Gasteiger partial charge in [0.05, 0.1) is 11.4 Å². The summed E-state index contributed by atoms with van der Waals surface area (Å²) < 4.78 is 5.50. The second-order valence-corrected chi connectivity index (χ2v) is 6.60. The molecule has 0 bridgehead atoms. The van der Waals surface area contributed by atoms with Gasteiger partial charge in [-0.2, -0.15) is 0 Å². The summed E-state index contributed by atoms with van der Waals surface area (Å²) >= 11 is 1.56. The summed E-state index contributed by atoms with van der Waals surface area (Å²) in [6.07, 6.45) is 3.85. The third-order valence-electron chi connectivity index (χ3n) is 3.72. The number of rotatable bonds is 6. The summed E-state index contributed by atoms with van der Waals surface area (Å²) in [6, 6.07) is 10.1. The molecule has 1 aliphatic heterocycles. The van der Waals surface area contributed by atoms with Gasteiger partial charge in [0.25, 0.3) is 0 Å². The first-order chi connectivity index (χ1) is 11.3. The molecule has 1 amide bonds. The molecular weight excluding hydrogens is 310 g/mol. The molecule has 0 spiro atoms. The number of hydrogen-bond donors (Lipinski definition) is 2. The third-order valence-corrected chi connectivity index (χ3v) is 4.68. The second-order valence-electron chi connectivity index (χ2n) is 5.61. The van der Waals surface area contributed by atoms with E-state index in [1.165, 1.54) is 0 Å². The summed E-state index contributed by atoms with van der Waals surface area (Å²) in [4.78, 5) is 16.4. The largest absolute Gasteiger partial charge is 0.444 e. The van der Waals surface area contributed by atoms with E-state index in [0.29, 0.717) is 17.4 Å². The summed E-state index contributed by atoms with van der Waals surface area (Å²) in [5.74, 6) is 1.84. The number of nitrogens with one attached hydrogen (secondary N) is 2. The van der Waals surface area contributed by atoms with Crippen LogP contribution in [0, 0.1) is 0 Å². The Morgan fingerprint density at radius 2 is 2.26 bits per heavy atom. The van der Waals surface area contributed by atoms with E-state index < -0.39 is 0 Å². The van der Waals surface area contributed by atoms with Gasteiger partial charge in [0.2, 0.25) is 11.8 Å². The van der Waals surface area contributed by atoms with Crippen molar-refractivity contribution < 1.29 is 9.21 Å². The molecule has 0 unspecified atom stereocenters. The lowest BCUT2D eigenvalue weighted by atomic mass is 10.1. The molecule has 6 heteroatoms. The number of amides is 1. The van der Waals surface area contributed by atoms with E-state index in [1.807, 2.05) is 30.3 Å². The number of carbonyl (C=O) groups excluding carboxylic acids is 1. The number of carbonyl (C=O) groups is 1. The highest BCUT2D eigenvalue weighted by Gasteiger charge is 2.15. The van der Waals surface area contributed by atoms with E-state index in [-0.39, 0.29) is 11.9 Å². The maximum Gasteiger partial charge on any atom is 0.230 e. The van der Waals surface area contributed by atoms with Gasteiger partial charge < -0.3 is 15.1 Å². The van der Waals surface area contributed by atoms with Crippen LogP contribution in [0.2, 0.25) is 0 Å². The number of nitrogens with zero attached hydrogens (tertiary/aromatic N) is 1. The number of thioether (sulfide) groups is 1. The lowest BCUT2D eigenvalue weighted by Crippen LogP contribution is -2.46. The van der Waals surface area contributed by atoms with Crippen LogP contribution in [0.25, 0.3) is 11.5 Å². The quantitative estimate of drug-likeness (QED) is 0.851. The lowest BCUT2D eigenvalue weighted by molar-refractivity contribution is -0.119. The van der Waals surface area contributed by atoms with Crippen LogP contribution in [-0.2, 0) is 10.5 Å². The van der Waals surface area contributed by atoms with Gasteiger partial charge in [-0.3, -0.25) is 4.79 Å². The molecule has 0 aliphatic carbocycles. The molecule has 1 aromatic carbocycles. The van der Waals surface area contributed by atoms with Gasteiger partial charge in [0.15, 0.2) is 0 Å². The van der Waals surface area contributed by atoms with Gasteiger partial charge in [-0.15, -0.1) is 11.8 Å². The molecule has 1 aliphatic rings. The highest BCUT2D eigenvalue weighted by molar-refractivity contribution is 7.99. The molecule has 1 atom stereocenters. The van der Waals surface area contributed by atoms with E-state index in [0.717, 1.165) is 37.2 Å². The average molecular weight is 331 g/mol. The fourth-order valence-electron chi connectivity index (χ4n) is 2.58. The van der Waals surface area contributed by atoms with Crippen LogP contribution < -0.4 is 10.6 Å². The minimum Gasteiger partial charge on any atom is -0.444 e. The number of oxazole rings is 1. The van der Waals surface area contributed by atoms with E-state index in [1.54, 1.807) is 18.0 Å². The number of benzene rings is 1. The maximum atomic E-state index is 11.9. The Hall–Kier alpha value is -1.79.